The van der Waals surface area contributed by atoms with Crippen molar-refractivity contribution in [3.8, 4) is 0 Å². The van der Waals surface area contributed by atoms with Crippen LogP contribution in [0.1, 0.15) is 30.8 Å². The van der Waals surface area contributed by atoms with Crippen LogP contribution in [0.25, 0.3) is 10.9 Å². The monoisotopic (exact) mass is 244 g/mol. The van der Waals surface area contributed by atoms with E-state index in [2.05, 4.69) is 24.1 Å². The highest BCUT2D eigenvalue weighted by Gasteiger charge is 2.11. The van der Waals surface area contributed by atoms with Gasteiger partial charge in [0.25, 0.3) is 0 Å². The summed E-state index contributed by atoms with van der Waals surface area (Å²) in [5.41, 5.74) is 1.59. The number of carboxylic acid groups (broad SMARTS) is 1. The van der Waals surface area contributed by atoms with Gasteiger partial charge in [-0.05, 0) is 25.5 Å². The third-order valence-corrected chi connectivity index (χ3v) is 2.95. The molecule has 0 radical (unpaired) electrons. The summed E-state index contributed by atoms with van der Waals surface area (Å²) in [6, 6.07) is 9.43. The van der Waals surface area contributed by atoms with Crippen molar-refractivity contribution in [2.24, 2.45) is 0 Å². The maximum absolute atomic E-state index is 11.1. The maximum atomic E-state index is 11.1. The second-order valence-electron chi connectivity index (χ2n) is 4.33. The second-order valence-corrected chi connectivity index (χ2v) is 4.33. The number of rotatable bonds is 4. The van der Waals surface area contributed by atoms with Crippen LogP contribution < -0.4 is 5.32 Å². The summed E-state index contributed by atoms with van der Waals surface area (Å²) in [6.07, 6.45) is 0.971. The van der Waals surface area contributed by atoms with Gasteiger partial charge in [-0.25, -0.2) is 9.78 Å². The molecule has 1 unspecified atom stereocenters. The molecular weight excluding hydrogens is 228 g/mol. The number of benzene rings is 1. The summed E-state index contributed by atoms with van der Waals surface area (Å²) in [4.78, 5) is 15.2. The number of hydrogen-bond acceptors (Lipinski definition) is 3. The molecule has 0 saturated carbocycles. The molecule has 2 rings (SSSR count). The molecule has 0 saturated heterocycles. The molecule has 0 fully saturated rings. The van der Waals surface area contributed by atoms with Crippen molar-refractivity contribution in [3.05, 3.63) is 36.0 Å². The van der Waals surface area contributed by atoms with Gasteiger partial charge in [-0.3, -0.25) is 0 Å². The zero-order chi connectivity index (χ0) is 13.1. The van der Waals surface area contributed by atoms with E-state index in [1.807, 2.05) is 24.3 Å². The molecule has 2 aromatic rings. The summed E-state index contributed by atoms with van der Waals surface area (Å²) < 4.78 is 0. The number of carbonyl (C=O) groups is 1. The SMILES string of the molecule is CCC(C)Nc1cc(C(=O)O)nc2ccccc12. The molecule has 0 spiro atoms. The fourth-order valence-electron chi connectivity index (χ4n) is 1.77. The Morgan fingerprint density at radius 1 is 1.44 bits per heavy atom. The van der Waals surface area contributed by atoms with E-state index in [-0.39, 0.29) is 11.7 Å². The Labute approximate surface area is 106 Å². The van der Waals surface area contributed by atoms with Gasteiger partial charge in [0.1, 0.15) is 0 Å². The molecule has 94 valence electrons. The Morgan fingerprint density at radius 3 is 2.83 bits per heavy atom. The van der Waals surface area contributed by atoms with Crippen molar-refractivity contribution >= 4 is 22.6 Å². The quantitative estimate of drug-likeness (QED) is 0.867. The van der Waals surface area contributed by atoms with Crippen LogP contribution in [-0.2, 0) is 0 Å². The fraction of sp³-hybridized carbons (Fsp3) is 0.286. The molecule has 1 aromatic heterocycles. The molecule has 0 aliphatic heterocycles. The number of pyridine rings is 1. The van der Waals surface area contributed by atoms with Gasteiger partial charge in [0.2, 0.25) is 0 Å². The van der Waals surface area contributed by atoms with E-state index < -0.39 is 5.97 Å². The molecule has 1 atom stereocenters. The first-order chi connectivity index (χ1) is 8.61. The van der Waals surface area contributed by atoms with Gasteiger partial charge in [-0.2, -0.15) is 0 Å². The predicted molar refractivity (Wildman–Crippen MR) is 72.1 cm³/mol. The highest BCUT2D eigenvalue weighted by molar-refractivity contribution is 5.97. The van der Waals surface area contributed by atoms with E-state index in [1.165, 1.54) is 0 Å². The highest BCUT2D eigenvalue weighted by Crippen LogP contribution is 2.24. The van der Waals surface area contributed by atoms with Gasteiger partial charge in [-0.1, -0.05) is 25.1 Å². The van der Waals surface area contributed by atoms with Crippen LogP contribution in [0.3, 0.4) is 0 Å². The predicted octanol–water partition coefficient (Wildman–Crippen LogP) is 3.14. The maximum Gasteiger partial charge on any atom is 0.354 e. The molecule has 0 bridgehead atoms. The standard InChI is InChI=1S/C14H16N2O2/c1-3-9(2)15-12-8-13(14(17)18)16-11-7-5-4-6-10(11)12/h4-9H,3H2,1-2H3,(H,15,16)(H,17,18). The smallest absolute Gasteiger partial charge is 0.354 e. The van der Waals surface area contributed by atoms with Gasteiger partial charge >= 0.3 is 5.97 Å². The summed E-state index contributed by atoms with van der Waals surface area (Å²) in [6.45, 7) is 4.15. The minimum atomic E-state index is -1.01. The lowest BCUT2D eigenvalue weighted by Crippen LogP contribution is -2.14. The lowest BCUT2D eigenvalue weighted by Gasteiger charge is -2.15. The zero-order valence-corrected chi connectivity index (χ0v) is 10.5. The van der Waals surface area contributed by atoms with E-state index in [1.54, 1.807) is 6.07 Å². The Morgan fingerprint density at radius 2 is 2.17 bits per heavy atom. The molecule has 1 heterocycles. The van der Waals surface area contributed by atoms with Crippen LogP contribution in [0.15, 0.2) is 30.3 Å². The van der Waals surface area contributed by atoms with Gasteiger partial charge in [0.05, 0.1) is 5.52 Å². The zero-order valence-electron chi connectivity index (χ0n) is 10.5. The van der Waals surface area contributed by atoms with Crippen LogP contribution >= 0.6 is 0 Å². The largest absolute Gasteiger partial charge is 0.477 e. The van der Waals surface area contributed by atoms with Gasteiger partial charge in [0.15, 0.2) is 5.69 Å². The number of nitrogens with zero attached hydrogens (tertiary/aromatic N) is 1. The Bertz CT molecular complexity index is 581. The molecular formula is C14H16N2O2. The molecule has 1 aromatic carbocycles. The number of carboxylic acids is 1. The molecule has 2 N–H and O–H groups in total. The number of aromatic carboxylic acids is 1. The van der Waals surface area contributed by atoms with Gasteiger partial charge in [-0.15, -0.1) is 0 Å². The van der Waals surface area contributed by atoms with Crippen molar-refractivity contribution in [1.82, 2.24) is 4.98 Å². The minimum Gasteiger partial charge on any atom is -0.477 e. The third kappa shape index (κ3) is 2.42. The molecule has 4 heteroatoms. The number of anilines is 1. The van der Waals surface area contributed by atoms with Crippen LogP contribution in [0, 0.1) is 0 Å². The first-order valence-corrected chi connectivity index (χ1v) is 6.01. The minimum absolute atomic E-state index is 0.0690. The second kappa shape index (κ2) is 5.04. The van der Waals surface area contributed by atoms with Crippen molar-refractivity contribution in [1.29, 1.82) is 0 Å². The normalized spacial score (nSPS) is 12.3. The number of hydrogen-bond donors (Lipinski definition) is 2. The number of para-hydroxylation sites is 1. The molecule has 0 aliphatic rings. The molecule has 0 aliphatic carbocycles. The Hall–Kier alpha value is -2.10. The average Bonchev–Trinajstić information content (AvgIpc) is 2.38. The molecule has 4 nitrogen and oxygen atoms in total. The summed E-state index contributed by atoms with van der Waals surface area (Å²) in [7, 11) is 0. The van der Waals surface area contributed by atoms with Crippen molar-refractivity contribution in [2.45, 2.75) is 26.3 Å². The van der Waals surface area contributed by atoms with Crippen molar-refractivity contribution < 1.29 is 9.90 Å². The summed E-state index contributed by atoms with van der Waals surface area (Å²) in [5.74, 6) is -1.01. The van der Waals surface area contributed by atoms with Gasteiger partial charge in [0, 0.05) is 17.1 Å². The number of nitrogens with one attached hydrogen (secondary N) is 1. The van der Waals surface area contributed by atoms with E-state index in [9.17, 15) is 4.79 Å². The first kappa shape index (κ1) is 12.4. The fourth-order valence-corrected chi connectivity index (χ4v) is 1.77. The summed E-state index contributed by atoms with van der Waals surface area (Å²) in [5, 5.41) is 13.3. The van der Waals surface area contributed by atoms with Gasteiger partial charge < -0.3 is 10.4 Å². The van der Waals surface area contributed by atoms with Crippen LogP contribution in [-0.4, -0.2) is 22.1 Å². The Kier molecular flexibility index (Phi) is 3.46. The third-order valence-electron chi connectivity index (χ3n) is 2.95. The number of aromatic nitrogens is 1. The summed E-state index contributed by atoms with van der Waals surface area (Å²) >= 11 is 0. The van der Waals surface area contributed by atoms with Crippen LogP contribution in [0.4, 0.5) is 5.69 Å². The van der Waals surface area contributed by atoms with E-state index in [0.29, 0.717) is 5.52 Å². The van der Waals surface area contributed by atoms with Crippen LogP contribution in [0.2, 0.25) is 0 Å². The lowest BCUT2D eigenvalue weighted by atomic mass is 10.1. The first-order valence-electron chi connectivity index (χ1n) is 6.01. The average molecular weight is 244 g/mol. The number of fused-ring (bicyclic) bond motifs is 1. The van der Waals surface area contributed by atoms with Crippen LogP contribution in [0.5, 0.6) is 0 Å². The molecule has 18 heavy (non-hydrogen) atoms. The highest BCUT2D eigenvalue weighted by atomic mass is 16.4. The van der Waals surface area contributed by atoms with E-state index >= 15 is 0 Å². The molecule has 0 amide bonds. The van der Waals surface area contributed by atoms with E-state index in [0.717, 1.165) is 17.5 Å². The topological polar surface area (TPSA) is 62.2 Å². The Balaban J connectivity index is 2.57. The lowest BCUT2D eigenvalue weighted by molar-refractivity contribution is 0.0691. The van der Waals surface area contributed by atoms with E-state index in [4.69, 9.17) is 5.11 Å². The van der Waals surface area contributed by atoms with Crippen molar-refractivity contribution in [3.63, 3.8) is 0 Å². The van der Waals surface area contributed by atoms with Crippen molar-refractivity contribution in [2.75, 3.05) is 5.32 Å².